The second-order valence-corrected chi connectivity index (χ2v) is 6.44. The third-order valence-electron chi connectivity index (χ3n) is 3.80. The predicted molar refractivity (Wildman–Crippen MR) is 68.3 cm³/mol. The van der Waals surface area contributed by atoms with Gasteiger partial charge in [-0.15, -0.1) is 0 Å². The van der Waals surface area contributed by atoms with Crippen LogP contribution >= 0.6 is 0 Å². The molecule has 1 aliphatic heterocycles. The average Bonchev–Trinajstić information content (AvgIpc) is 2.26. The Kier molecular flexibility index (Phi) is 3.64. The number of nitrogens with zero attached hydrogens (tertiary/aromatic N) is 1. The highest BCUT2D eigenvalue weighted by atomic mass is 16.6. The smallest absolute Gasteiger partial charge is 0.410 e. The summed E-state index contributed by atoms with van der Waals surface area (Å²) in [4.78, 5) is 25.6. The van der Waals surface area contributed by atoms with Crippen LogP contribution in [0.5, 0.6) is 0 Å². The number of piperidine rings is 1. The van der Waals surface area contributed by atoms with Crippen LogP contribution in [0, 0.1) is 11.8 Å². The molecule has 0 radical (unpaired) electrons. The highest BCUT2D eigenvalue weighted by molar-refractivity contribution is 5.82. The zero-order valence-electron chi connectivity index (χ0n) is 11.6. The Morgan fingerprint density at radius 1 is 1.33 bits per heavy atom. The molecule has 0 bridgehead atoms. The van der Waals surface area contributed by atoms with Gasteiger partial charge >= 0.3 is 6.09 Å². The number of hydrogen-bond acceptors (Lipinski definition) is 3. The first-order valence-corrected chi connectivity index (χ1v) is 6.87. The largest absolute Gasteiger partial charge is 0.444 e. The molecule has 0 spiro atoms. The van der Waals surface area contributed by atoms with E-state index >= 15 is 0 Å². The van der Waals surface area contributed by atoms with E-state index in [0.29, 0.717) is 24.8 Å². The Labute approximate surface area is 109 Å². The molecule has 4 heteroatoms. The number of carbonyl (C=O) groups excluding carboxylic acids is 2. The maximum absolute atomic E-state index is 12.0. The molecule has 2 aliphatic rings. The van der Waals surface area contributed by atoms with Crippen LogP contribution in [-0.2, 0) is 9.53 Å². The number of ether oxygens (including phenoxy) is 1. The second kappa shape index (κ2) is 4.90. The number of carbonyl (C=O) groups is 2. The van der Waals surface area contributed by atoms with Crippen LogP contribution in [-0.4, -0.2) is 35.5 Å². The Bertz CT molecular complexity index is 345. The Morgan fingerprint density at radius 3 is 2.72 bits per heavy atom. The first-order chi connectivity index (χ1) is 8.37. The predicted octanol–water partition coefficient (Wildman–Crippen LogP) is 2.61. The molecule has 2 rings (SSSR count). The minimum absolute atomic E-state index is 0.192. The third kappa shape index (κ3) is 3.03. The highest BCUT2D eigenvalue weighted by Gasteiger charge is 2.38. The molecule has 0 aromatic carbocycles. The van der Waals surface area contributed by atoms with Crippen molar-refractivity contribution in [2.24, 2.45) is 11.8 Å². The maximum atomic E-state index is 12.0. The van der Waals surface area contributed by atoms with Crippen molar-refractivity contribution in [3.8, 4) is 0 Å². The fourth-order valence-electron chi connectivity index (χ4n) is 2.96. The lowest BCUT2D eigenvalue weighted by atomic mass is 9.74. The molecule has 0 N–H and O–H groups in total. The summed E-state index contributed by atoms with van der Waals surface area (Å²) >= 11 is 0. The van der Waals surface area contributed by atoms with E-state index in [9.17, 15) is 9.59 Å². The number of ketones is 1. The highest BCUT2D eigenvalue weighted by Crippen LogP contribution is 2.34. The lowest BCUT2D eigenvalue weighted by Gasteiger charge is -2.40. The molecular formula is C14H23NO3. The van der Waals surface area contributed by atoms with Gasteiger partial charge in [0.1, 0.15) is 11.4 Å². The van der Waals surface area contributed by atoms with Crippen molar-refractivity contribution >= 4 is 11.9 Å². The van der Waals surface area contributed by atoms with E-state index < -0.39 is 5.60 Å². The molecule has 1 saturated heterocycles. The molecule has 0 unspecified atom stereocenters. The minimum atomic E-state index is -0.448. The standard InChI is InChI=1S/C14H23NO3/c1-14(2,3)18-13(17)15-8-7-11-10(9-15)5-4-6-12(11)16/h10-11H,4-9H2,1-3H3/t10-,11-/m0/s1. The van der Waals surface area contributed by atoms with E-state index in [1.54, 1.807) is 4.90 Å². The summed E-state index contributed by atoms with van der Waals surface area (Å²) in [5.41, 5.74) is -0.448. The Balaban J connectivity index is 1.94. The van der Waals surface area contributed by atoms with Gasteiger partial charge in [0.25, 0.3) is 0 Å². The molecule has 0 aromatic heterocycles. The normalized spacial score (nSPS) is 28.8. The van der Waals surface area contributed by atoms with Crippen LogP contribution in [0.25, 0.3) is 0 Å². The van der Waals surface area contributed by atoms with E-state index in [-0.39, 0.29) is 12.0 Å². The summed E-state index contributed by atoms with van der Waals surface area (Å²) in [7, 11) is 0. The average molecular weight is 253 g/mol. The van der Waals surface area contributed by atoms with Crippen molar-refractivity contribution in [1.29, 1.82) is 0 Å². The van der Waals surface area contributed by atoms with Crippen LogP contribution in [0.3, 0.4) is 0 Å². The second-order valence-electron chi connectivity index (χ2n) is 6.44. The van der Waals surface area contributed by atoms with E-state index in [0.717, 1.165) is 25.7 Å². The monoisotopic (exact) mass is 253 g/mol. The number of fused-ring (bicyclic) bond motifs is 1. The molecule has 18 heavy (non-hydrogen) atoms. The number of hydrogen-bond donors (Lipinski definition) is 0. The van der Waals surface area contributed by atoms with Crippen molar-refractivity contribution in [2.75, 3.05) is 13.1 Å². The first-order valence-electron chi connectivity index (χ1n) is 6.87. The van der Waals surface area contributed by atoms with Crippen molar-refractivity contribution < 1.29 is 14.3 Å². The zero-order chi connectivity index (χ0) is 13.3. The van der Waals surface area contributed by atoms with Crippen molar-refractivity contribution in [1.82, 2.24) is 4.90 Å². The molecule has 1 amide bonds. The van der Waals surface area contributed by atoms with Crippen LogP contribution in [0.1, 0.15) is 46.5 Å². The first kappa shape index (κ1) is 13.4. The molecule has 1 aliphatic carbocycles. The van der Waals surface area contributed by atoms with Gasteiger partial charge in [0.2, 0.25) is 0 Å². The summed E-state index contributed by atoms with van der Waals surface area (Å²) in [5.74, 6) is 0.944. The summed E-state index contributed by atoms with van der Waals surface area (Å²) < 4.78 is 5.39. The summed E-state index contributed by atoms with van der Waals surface area (Å²) in [6, 6.07) is 0. The fraction of sp³-hybridized carbons (Fsp3) is 0.857. The van der Waals surface area contributed by atoms with E-state index in [2.05, 4.69) is 0 Å². The van der Waals surface area contributed by atoms with Crippen molar-refractivity contribution in [3.63, 3.8) is 0 Å². The van der Waals surface area contributed by atoms with Gasteiger partial charge in [-0.05, 0) is 46.0 Å². The molecule has 2 fully saturated rings. The van der Waals surface area contributed by atoms with Gasteiger partial charge in [-0.2, -0.15) is 0 Å². The van der Waals surface area contributed by atoms with Crippen molar-refractivity contribution in [2.45, 2.75) is 52.1 Å². The number of likely N-dealkylation sites (tertiary alicyclic amines) is 1. The summed E-state index contributed by atoms with van der Waals surface area (Å²) in [6.07, 6.45) is 3.34. The minimum Gasteiger partial charge on any atom is -0.444 e. The number of amides is 1. The molecule has 102 valence electrons. The third-order valence-corrected chi connectivity index (χ3v) is 3.80. The van der Waals surface area contributed by atoms with Gasteiger partial charge in [-0.25, -0.2) is 4.79 Å². The number of Topliss-reactive ketones (excluding diaryl/α,β-unsaturated/α-hetero) is 1. The topological polar surface area (TPSA) is 46.6 Å². The molecular weight excluding hydrogens is 230 g/mol. The van der Waals surface area contributed by atoms with Gasteiger partial charge < -0.3 is 9.64 Å². The lowest BCUT2D eigenvalue weighted by molar-refractivity contribution is -0.129. The van der Waals surface area contributed by atoms with E-state index in [1.807, 2.05) is 20.8 Å². The zero-order valence-corrected chi connectivity index (χ0v) is 11.6. The summed E-state index contributed by atoms with van der Waals surface area (Å²) in [6.45, 7) is 6.97. The van der Waals surface area contributed by atoms with Gasteiger partial charge in [0.05, 0.1) is 0 Å². The fourth-order valence-corrected chi connectivity index (χ4v) is 2.96. The quantitative estimate of drug-likeness (QED) is 0.666. The Morgan fingerprint density at radius 2 is 2.06 bits per heavy atom. The molecule has 0 aromatic rings. The maximum Gasteiger partial charge on any atom is 0.410 e. The van der Waals surface area contributed by atoms with E-state index in [4.69, 9.17) is 4.74 Å². The van der Waals surface area contributed by atoms with Gasteiger partial charge in [-0.3, -0.25) is 4.79 Å². The van der Waals surface area contributed by atoms with Crippen LogP contribution < -0.4 is 0 Å². The molecule has 2 atom stereocenters. The van der Waals surface area contributed by atoms with Crippen molar-refractivity contribution in [3.05, 3.63) is 0 Å². The van der Waals surface area contributed by atoms with Gasteiger partial charge in [-0.1, -0.05) is 0 Å². The lowest BCUT2D eigenvalue weighted by Crippen LogP contribution is -2.48. The molecule has 1 saturated carbocycles. The van der Waals surface area contributed by atoms with Crippen LogP contribution in [0.2, 0.25) is 0 Å². The SMILES string of the molecule is CC(C)(C)OC(=O)N1CC[C@@H]2C(=O)CCC[C@H]2C1. The van der Waals surface area contributed by atoms with Crippen LogP contribution in [0.15, 0.2) is 0 Å². The Hall–Kier alpha value is -1.06. The van der Waals surface area contributed by atoms with Gasteiger partial charge in [0, 0.05) is 25.4 Å². The van der Waals surface area contributed by atoms with Crippen LogP contribution in [0.4, 0.5) is 4.79 Å². The summed E-state index contributed by atoms with van der Waals surface area (Å²) in [5, 5.41) is 0. The molecule has 4 nitrogen and oxygen atoms in total. The number of rotatable bonds is 0. The van der Waals surface area contributed by atoms with Gasteiger partial charge in [0.15, 0.2) is 0 Å². The van der Waals surface area contributed by atoms with E-state index in [1.165, 1.54) is 0 Å². The molecule has 1 heterocycles.